The van der Waals surface area contributed by atoms with Gasteiger partial charge in [-0.1, -0.05) is 24.1 Å². The number of hydrogen-bond donors (Lipinski definition) is 0. The number of fused-ring (bicyclic) bond motifs is 1. The molecule has 0 atom stereocenters. The van der Waals surface area contributed by atoms with Crippen LogP contribution in [0.3, 0.4) is 0 Å². The quantitative estimate of drug-likeness (QED) is 0.697. The molecule has 0 radical (unpaired) electrons. The van der Waals surface area contributed by atoms with Crippen LogP contribution >= 0.6 is 0 Å². The lowest BCUT2D eigenvalue weighted by Gasteiger charge is -2.22. The Morgan fingerprint density at radius 1 is 1.04 bits per heavy atom. The van der Waals surface area contributed by atoms with Crippen molar-refractivity contribution in [1.29, 1.82) is 0 Å². The molecule has 120 valence electrons. The zero-order chi connectivity index (χ0) is 17.1. The minimum Gasteiger partial charge on any atom is -0.372 e. The Morgan fingerprint density at radius 2 is 1.75 bits per heavy atom. The summed E-state index contributed by atoms with van der Waals surface area (Å²) < 4.78 is 13.1. The second-order valence-corrected chi connectivity index (χ2v) is 5.76. The van der Waals surface area contributed by atoms with E-state index in [4.69, 9.17) is 6.42 Å². The molecule has 0 aromatic heterocycles. The molecule has 0 spiro atoms. The standard InChI is InChI=1S/C22H20FN/c1-4-17-14-18(13-16-7-9-19(23)10-8-16)21-12-11-20(15-22(17)21)24(5-2)6-3/h1,7-15H,5-6H2,2-3H3. The summed E-state index contributed by atoms with van der Waals surface area (Å²) in [6.45, 7) is 6.22. The van der Waals surface area contributed by atoms with Crippen LogP contribution in [0.25, 0.3) is 17.2 Å². The van der Waals surface area contributed by atoms with Crippen molar-refractivity contribution in [3.8, 4) is 12.3 Å². The van der Waals surface area contributed by atoms with Crippen molar-refractivity contribution < 1.29 is 4.39 Å². The molecular weight excluding hydrogens is 297 g/mol. The summed E-state index contributed by atoms with van der Waals surface area (Å²) in [5.74, 6) is 2.56. The van der Waals surface area contributed by atoms with E-state index < -0.39 is 0 Å². The van der Waals surface area contributed by atoms with E-state index >= 15 is 0 Å². The fraction of sp³-hybridized carbons (Fsp3) is 0.182. The van der Waals surface area contributed by atoms with Gasteiger partial charge in [-0.15, -0.1) is 6.42 Å². The number of nitrogens with zero attached hydrogens (tertiary/aromatic N) is 1. The lowest BCUT2D eigenvalue weighted by atomic mass is 10.0. The van der Waals surface area contributed by atoms with E-state index in [1.165, 1.54) is 17.8 Å². The lowest BCUT2D eigenvalue weighted by Crippen LogP contribution is -2.21. The first-order valence-corrected chi connectivity index (χ1v) is 8.21. The van der Waals surface area contributed by atoms with Crippen LogP contribution in [0.15, 0.2) is 48.5 Å². The largest absolute Gasteiger partial charge is 0.372 e. The fourth-order valence-corrected chi connectivity index (χ4v) is 3.08. The molecule has 0 N–H and O–H groups in total. The number of anilines is 1. The smallest absolute Gasteiger partial charge is 0.123 e. The number of allylic oxidation sites excluding steroid dienone is 3. The third-order valence-electron chi connectivity index (χ3n) is 4.38. The number of terminal acetylenes is 1. The van der Waals surface area contributed by atoms with Crippen molar-refractivity contribution in [3.05, 3.63) is 71.0 Å². The molecule has 0 heterocycles. The van der Waals surface area contributed by atoms with Gasteiger partial charge >= 0.3 is 0 Å². The van der Waals surface area contributed by atoms with E-state index in [9.17, 15) is 4.39 Å². The maximum atomic E-state index is 13.1. The van der Waals surface area contributed by atoms with E-state index in [1.807, 2.05) is 12.2 Å². The fourth-order valence-electron chi connectivity index (χ4n) is 3.08. The monoisotopic (exact) mass is 317 g/mol. The van der Waals surface area contributed by atoms with E-state index in [1.54, 1.807) is 12.1 Å². The highest BCUT2D eigenvalue weighted by atomic mass is 19.1. The van der Waals surface area contributed by atoms with Crippen molar-refractivity contribution >= 4 is 22.9 Å². The molecule has 2 heteroatoms. The second-order valence-electron chi connectivity index (χ2n) is 5.76. The van der Waals surface area contributed by atoms with Crippen LogP contribution in [0.2, 0.25) is 0 Å². The van der Waals surface area contributed by atoms with Crippen molar-refractivity contribution in [3.63, 3.8) is 0 Å². The highest BCUT2D eigenvalue weighted by molar-refractivity contribution is 6.05. The van der Waals surface area contributed by atoms with Gasteiger partial charge in [0, 0.05) is 24.4 Å². The molecule has 1 nitrogen and oxygen atoms in total. The molecule has 2 aromatic rings. The minimum atomic E-state index is -0.229. The van der Waals surface area contributed by atoms with E-state index in [0.717, 1.165) is 40.9 Å². The topological polar surface area (TPSA) is 3.24 Å². The van der Waals surface area contributed by atoms with Crippen LogP contribution in [0.4, 0.5) is 10.1 Å². The summed E-state index contributed by atoms with van der Waals surface area (Å²) in [6, 6.07) is 12.9. The molecule has 0 unspecified atom stereocenters. The van der Waals surface area contributed by atoms with Crippen LogP contribution in [-0.2, 0) is 0 Å². The molecule has 0 saturated heterocycles. The van der Waals surface area contributed by atoms with Gasteiger partial charge in [0.05, 0.1) is 0 Å². The Bertz CT molecular complexity index is 847. The van der Waals surface area contributed by atoms with Crippen LogP contribution in [-0.4, -0.2) is 13.1 Å². The van der Waals surface area contributed by atoms with Crippen LogP contribution in [0, 0.1) is 18.2 Å². The third-order valence-corrected chi connectivity index (χ3v) is 4.38. The van der Waals surface area contributed by atoms with Crippen molar-refractivity contribution in [2.75, 3.05) is 18.0 Å². The Balaban J connectivity index is 2.05. The number of benzene rings is 2. The highest BCUT2D eigenvalue weighted by Crippen LogP contribution is 2.38. The summed E-state index contributed by atoms with van der Waals surface area (Å²) in [5, 5.41) is 0. The van der Waals surface area contributed by atoms with Crippen molar-refractivity contribution in [1.82, 2.24) is 0 Å². The zero-order valence-corrected chi connectivity index (χ0v) is 14.0. The second kappa shape index (κ2) is 6.76. The van der Waals surface area contributed by atoms with Crippen LogP contribution in [0.5, 0.6) is 0 Å². The van der Waals surface area contributed by atoms with Crippen LogP contribution < -0.4 is 4.90 Å². The molecule has 24 heavy (non-hydrogen) atoms. The summed E-state index contributed by atoms with van der Waals surface area (Å²) >= 11 is 0. The van der Waals surface area contributed by atoms with Gasteiger partial charge in [0.1, 0.15) is 5.82 Å². The minimum absolute atomic E-state index is 0.229. The average molecular weight is 317 g/mol. The molecule has 1 aliphatic rings. The average Bonchev–Trinajstić information content (AvgIpc) is 2.95. The van der Waals surface area contributed by atoms with Crippen molar-refractivity contribution in [2.24, 2.45) is 0 Å². The van der Waals surface area contributed by atoms with E-state index in [-0.39, 0.29) is 5.82 Å². The number of halogens is 1. The van der Waals surface area contributed by atoms with Gasteiger partial charge in [0.15, 0.2) is 0 Å². The zero-order valence-electron chi connectivity index (χ0n) is 14.0. The van der Waals surface area contributed by atoms with Crippen molar-refractivity contribution in [2.45, 2.75) is 13.8 Å². The molecular formula is C22H20FN. The summed E-state index contributed by atoms with van der Waals surface area (Å²) in [7, 11) is 0. The van der Waals surface area contributed by atoms with Gasteiger partial charge in [-0.3, -0.25) is 0 Å². The van der Waals surface area contributed by atoms with Crippen LogP contribution in [0.1, 0.15) is 30.5 Å². The maximum absolute atomic E-state index is 13.1. The Hall–Kier alpha value is -2.79. The third kappa shape index (κ3) is 2.98. The molecule has 2 aromatic carbocycles. The van der Waals surface area contributed by atoms with Gasteiger partial charge < -0.3 is 4.90 Å². The van der Waals surface area contributed by atoms with Gasteiger partial charge in [0.25, 0.3) is 0 Å². The number of rotatable bonds is 4. The molecule has 0 bridgehead atoms. The van der Waals surface area contributed by atoms with Gasteiger partial charge in [-0.25, -0.2) is 4.39 Å². The van der Waals surface area contributed by atoms with Gasteiger partial charge in [-0.2, -0.15) is 0 Å². The first kappa shape index (κ1) is 16.1. The van der Waals surface area contributed by atoms with E-state index in [2.05, 4.69) is 42.9 Å². The SMILES string of the molecule is C#CC1=CC(=Cc2ccc(F)cc2)c2ccc(N(CC)CC)cc21. The first-order valence-electron chi connectivity index (χ1n) is 8.21. The number of hydrogen-bond acceptors (Lipinski definition) is 1. The molecule has 0 amide bonds. The summed E-state index contributed by atoms with van der Waals surface area (Å²) in [5.41, 5.74) is 6.32. The predicted molar refractivity (Wildman–Crippen MR) is 101 cm³/mol. The highest BCUT2D eigenvalue weighted by Gasteiger charge is 2.18. The molecule has 1 aliphatic carbocycles. The Kier molecular flexibility index (Phi) is 4.53. The van der Waals surface area contributed by atoms with Gasteiger partial charge in [0.2, 0.25) is 0 Å². The molecule has 0 aliphatic heterocycles. The Labute approximate surface area is 143 Å². The van der Waals surface area contributed by atoms with E-state index in [0.29, 0.717) is 0 Å². The molecule has 0 fully saturated rings. The lowest BCUT2D eigenvalue weighted by molar-refractivity contribution is 0.628. The predicted octanol–water partition coefficient (Wildman–Crippen LogP) is 5.24. The first-order chi connectivity index (χ1) is 11.7. The normalized spacial score (nSPS) is 14.2. The Morgan fingerprint density at radius 3 is 2.38 bits per heavy atom. The summed E-state index contributed by atoms with van der Waals surface area (Å²) in [4.78, 5) is 2.30. The summed E-state index contributed by atoms with van der Waals surface area (Å²) in [6.07, 6.45) is 9.78. The van der Waals surface area contributed by atoms with Gasteiger partial charge in [-0.05, 0) is 72.5 Å². The molecule has 0 saturated carbocycles. The maximum Gasteiger partial charge on any atom is 0.123 e. The molecule has 3 rings (SSSR count).